The Morgan fingerprint density at radius 1 is 1.10 bits per heavy atom. The van der Waals surface area contributed by atoms with Crippen LogP contribution in [0.1, 0.15) is 5.56 Å². The number of hydrogen-bond acceptors (Lipinski definition) is 4. The fourth-order valence-corrected chi connectivity index (χ4v) is 2.05. The third kappa shape index (κ3) is 4.39. The van der Waals surface area contributed by atoms with Gasteiger partial charge >= 0.3 is 0 Å². The van der Waals surface area contributed by atoms with Crippen molar-refractivity contribution in [3.05, 3.63) is 58.6 Å². The van der Waals surface area contributed by atoms with Crippen molar-refractivity contribution in [2.75, 3.05) is 13.2 Å². The van der Waals surface area contributed by atoms with Gasteiger partial charge in [-0.1, -0.05) is 39.3 Å². The second kappa shape index (κ2) is 7.54. The van der Waals surface area contributed by atoms with E-state index in [1.54, 1.807) is 18.2 Å². The first-order chi connectivity index (χ1) is 10.2. The molecule has 110 valence electrons. The Balaban J connectivity index is 1.95. The molecule has 0 aromatic heterocycles. The molecule has 5 nitrogen and oxygen atoms in total. The van der Waals surface area contributed by atoms with Crippen LogP contribution in [0.5, 0.6) is 11.5 Å². The fraction of sp³-hybridized carbons (Fsp3) is 0.133. The van der Waals surface area contributed by atoms with Crippen LogP contribution in [0.3, 0.4) is 0 Å². The highest BCUT2D eigenvalue weighted by atomic mass is 79.9. The maximum atomic E-state index is 8.77. The summed E-state index contributed by atoms with van der Waals surface area (Å²) in [4.78, 5) is 0. The Kier molecular flexibility index (Phi) is 5.45. The average molecular weight is 351 g/mol. The number of ether oxygens (including phenoxy) is 2. The summed E-state index contributed by atoms with van der Waals surface area (Å²) in [6.45, 7) is 0.739. The third-order valence-corrected chi connectivity index (χ3v) is 3.17. The lowest BCUT2D eigenvalue weighted by Gasteiger charge is -2.12. The molecule has 21 heavy (non-hydrogen) atoms. The second-order valence-corrected chi connectivity index (χ2v) is 5.05. The lowest BCUT2D eigenvalue weighted by molar-refractivity contribution is 0.216. The van der Waals surface area contributed by atoms with Crippen LogP contribution in [0.2, 0.25) is 0 Å². The van der Waals surface area contributed by atoms with E-state index in [2.05, 4.69) is 21.1 Å². The van der Waals surface area contributed by atoms with Crippen molar-refractivity contribution >= 4 is 21.8 Å². The van der Waals surface area contributed by atoms with Crippen molar-refractivity contribution in [2.24, 2.45) is 10.9 Å². The van der Waals surface area contributed by atoms with Gasteiger partial charge in [0.1, 0.15) is 24.7 Å². The zero-order chi connectivity index (χ0) is 15.1. The summed E-state index contributed by atoms with van der Waals surface area (Å²) in [5.74, 6) is 1.31. The molecule has 6 heteroatoms. The standard InChI is InChI=1S/C15H15BrN2O3/c16-11-6-7-13(15(17)18-19)14(10-11)21-9-8-20-12-4-2-1-3-5-12/h1-7,10,19H,8-9H2,(H2,17,18). The number of halogens is 1. The van der Waals surface area contributed by atoms with Crippen molar-refractivity contribution in [3.8, 4) is 11.5 Å². The number of amidine groups is 1. The van der Waals surface area contributed by atoms with Crippen molar-refractivity contribution in [3.63, 3.8) is 0 Å². The molecule has 0 radical (unpaired) electrons. The maximum Gasteiger partial charge on any atom is 0.173 e. The molecule has 0 aliphatic heterocycles. The van der Waals surface area contributed by atoms with Crippen LogP contribution in [0, 0.1) is 0 Å². The van der Waals surface area contributed by atoms with Crippen molar-refractivity contribution < 1.29 is 14.7 Å². The summed E-state index contributed by atoms with van der Waals surface area (Å²) >= 11 is 3.36. The molecule has 0 spiro atoms. The van der Waals surface area contributed by atoms with Gasteiger partial charge in [0.05, 0.1) is 5.56 Å². The van der Waals surface area contributed by atoms with Gasteiger partial charge < -0.3 is 20.4 Å². The lowest BCUT2D eigenvalue weighted by atomic mass is 10.2. The molecule has 0 heterocycles. The minimum Gasteiger partial charge on any atom is -0.490 e. The van der Waals surface area contributed by atoms with Gasteiger partial charge in [-0.25, -0.2) is 0 Å². The molecule has 0 aliphatic rings. The Morgan fingerprint density at radius 2 is 1.81 bits per heavy atom. The summed E-state index contributed by atoms with van der Waals surface area (Å²) in [6, 6.07) is 14.8. The molecule has 2 rings (SSSR count). The predicted molar refractivity (Wildman–Crippen MR) is 84.1 cm³/mol. The van der Waals surface area contributed by atoms with Gasteiger partial charge in [-0.2, -0.15) is 0 Å². The van der Waals surface area contributed by atoms with Gasteiger partial charge in [0.25, 0.3) is 0 Å². The highest BCUT2D eigenvalue weighted by Crippen LogP contribution is 2.23. The molecule has 2 aromatic carbocycles. The topological polar surface area (TPSA) is 77.1 Å². The Bertz CT molecular complexity index is 618. The number of hydrogen-bond donors (Lipinski definition) is 2. The van der Waals surface area contributed by atoms with E-state index < -0.39 is 0 Å². The van der Waals surface area contributed by atoms with Gasteiger partial charge in [0, 0.05) is 4.47 Å². The van der Waals surface area contributed by atoms with E-state index in [1.165, 1.54) is 0 Å². The highest BCUT2D eigenvalue weighted by molar-refractivity contribution is 9.10. The maximum absolute atomic E-state index is 8.77. The summed E-state index contributed by atoms with van der Waals surface area (Å²) in [5.41, 5.74) is 6.14. The molecule has 0 saturated carbocycles. The molecule has 0 aliphatic carbocycles. The van der Waals surface area contributed by atoms with E-state index in [0.29, 0.717) is 24.5 Å². The highest BCUT2D eigenvalue weighted by Gasteiger charge is 2.09. The van der Waals surface area contributed by atoms with Crippen molar-refractivity contribution in [2.45, 2.75) is 0 Å². The van der Waals surface area contributed by atoms with E-state index in [1.807, 2.05) is 30.3 Å². The van der Waals surface area contributed by atoms with Crippen LogP contribution in [0.25, 0.3) is 0 Å². The number of nitrogens with zero attached hydrogens (tertiary/aromatic N) is 1. The molecular weight excluding hydrogens is 336 g/mol. The molecule has 0 saturated heterocycles. The summed E-state index contributed by atoms with van der Waals surface area (Å²) in [7, 11) is 0. The van der Waals surface area contributed by atoms with E-state index in [4.69, 9.17) is 20.4 Å². The molecule has 0 amide bonds. The summed E-state index contributed by atoms with van der Waals surface area (Å²) in [5, 5.41) is 11.8. The number of nitrogens with two attached hydrogens (primary N) is 1. The Labute approximate surface area is 131 Å². The second-order valence-electron chi connectivity index (χ2n) is 4.14. The van der Waals surface area contributed by atoms with E-state index >= 15 is 0 Å². The van der Waals surface area contributed by atoms with Crippen molar-refractivity contribution in [1.82, 2.24) is 0 Å². The molecule has 3 N–H and O–H groups in total. The van der Waals surface area contributed by atoms with Crippen LogP contribution in [0.15, 0.2) is 58.2 Å². The van der Waals surface area contributed by atoms with Gasteiger partial charge in [-0.05, 0) is 30.3 Å². The van der Waals surface area contributed by atoms with Crippen LogP contribution in [-0.2, 0) is 0 Å². The molecule has 0 atom stereocenters. The molecular formula is C15H15BrN2O3. The molecule has 0 unspecified atom stereocenters. The van der Waals surface area contributed by atoms with E-state index in [-0.39, 0.29) is 5.84 Å². The first kappa shape index (κ1) is 15.2. The van der Waals surface area contributed by atoms with E-state index in [9.17, 15) is 0 Å². The van der Waals surface area contributed by atoms with Crippen LogP contribution < -0.4 is 15.2 Å². The summed E-state index contributed by atoms with van der Waals surface area (Å²) in [6.07, 6.45) is 0. The van der Waals surface area contributed by atoms with Gasteiger partial charge in [0.15, 0.2) is 5.84 Å². The van der Waals surface area contributed by atoms with Gasteiger partial charge in [-0.3, -0.25) is 0 Å². The molecule has 0 fully saturated rings. The van der Waals surface area contributed by atoms with Crippen molar-refractivity contribution in [1.29, 1.82) is 0 Å². The molecule has 0 bridgehead atoms. The normalized spacial score (nSPS) is 11.2. The number of para-hydroxylation sites is 1. The van der Waals surface area contributed by atoms with Gasteiger partial charge in [-0.15, -0.1) is 0 Å². The first-order valence-corrected chi connectivity index (χ1v) is 7.08. The Morgan fingerprint density at radius 3 is 2.52 bits per heavy atom. The van der Waals surface area contributed by atoms with Gasteiger partial charge in [0.2, 0.25) is 0 Å². The SMILES string of the molecule is N/C(=N/O)c1ccc(Br)cc1OCCOc1ccccc1. The monoisotopic (exact) mass is 350 g/mol. The van der Waals surface area contributed by atoms with E-state index in [0.717, 1.165) is 10.2 Å². The number of rotatable bonds is 6. The lowest BCUT2D eigenvalue weighted by Crippen LogP contribution is -2.16. The smallest absolute Gasteiger partial charge is 0.173 e. The zero-order valence-electron chi connectivity index (χ0n) is 11.2. The van der Waals surface area contributed by atoms with Crippen LogP contribution in [0.4, 0.5) is 0 Å². The average Bonchev–Trinajstić information content (AvgIpc) is 2.52. The quantitative estimate of drug-likeness (QED) is 0.276. The number of oxime groups is 1. The third-order valence-electron chi connectivity index (χ3n) is 2.68. The minimum absolute atomic E-state index is 0.00137. The molecule has 2 aromatic rings. The number of benzene rings is 2. The fourth-order valence-electron chi connectivity index (χ4n) is 1.71. The Hall–Kier alpha value is -2.21. The minimum atomic E-state index is 0.00137. The van der Waals surface area contributed by atoms with Crippen LogP contribution >= 0.6 is 15.9 Å². The summed E-state index contributed by atoms with van der Waals surface area (Å²) < 4.78 is 12.0. The zero-order valence-corrected chi connectivity index (χ0v) is 12.8. The van der Waals surface area contributed by atoms with Crippen LogP contribution in [-0.4, -0.2) is 24.3 Å². The predicted octanol–water partition coefficient (Wildman–Crippen LogP) is 3.00. The largest absolute Gasteiger partial charge is 0.490 e. The first-order valence-electron chi connectivity index (χ1n) is 6.29.